The van der Waals surface area contributed by atoms with Crippen LogP contribution in [0.3, 0.4) is 0 Å². The molecule has 0 unspecified atom stereocenters. The molecule has 3 rings (SSSR count). The second kappa shape index (κ2) is 5.74. The van der Waals surface area contributed by atoms with Gasteiger partial charge in [-0.25, -0.2) is 9.48 Å². The Morgan fingerprint density at radius 3 is 2.55 bits per heavy atom. The first-order valence-electron chi connectivity index (χ1n) is 6.93. The maximum Gasteiger partial charge on any atom is 0.350 e. The highest BCUT2D eigenvalue weighted by Gasteiger charge is 2.04. The molecule has 0 N–H and O–H groups in total. The van der Waals surface area contributed by atoms with Crippen LogP contribution < -0.4 is 5.69 Å². The Morgan fingerprint density at radius 1 is 0.950 bits per heavy atom. The lowest BCUT2D eigenvalue weighted by Gasteiger charge is -2.01. The number of benzene rings is 1. The zero-order valence-corrected chi connectivity index (χ0v) is 11.3. The molecule has 0 amide bonds. The Bertz CT molecular complexity index is 743. The minimum Gasteiger partial charge on any atom is -0.250 e. The number of hydrogen-bond donors (Lipinski definition) is 0. The minimum absolute atomic E-state index is 0.0553. The molecule has 0 fully saturated rings. The number of hydrogen-bond acceptors (Lipinski definition) is 2. The van der Waals surface area contributed by atoms with Crippen molar-refractivity contribution in [3.8, 4) is 0 Å². The highest BCUT2D eigenvalue weighted by molar-refractivity contribution is 5.35. The van der Waals surface area contributed by atoms with Crippen LogP contribution in [0.25, 0.3) is 5.65 Å². The third-order valence-electron chi connectivity index (χ3n) is 3.42. The van der Waals surface area contributed by atoms with Gasteiger partial charge < -0.3 is 0 Å². The summed E-state index contributed by atoms with van der Waals surface area (Å²) < 4.78 is 3.14. The van der Waals surface area contributed by atoms with Gasteiger partial charge in [0.05, 0.1) is 0 Å². The molecule has 2 aromatic heterocycles. The fourth-order valence-electron chi connectivity index (χ4n) is 2.35. The average molecular weight is 267 g/mol. The molecule has 0 aliphatic rings. The lowest BCUT2D eigenvalue weighted by Crippen LogP contribution is -2.21. The van der Waals surface area contributed by atoms with Gasteiger partial charge in [0.2, 0.25) is 0 Å². The predicted molar refractivity (Wildman–Crippen MR) is 78.8 cm³/mol. The van der Waals surface area contributed by atoms with Crippen LogP contribution in [0.2, 0.25) is 0 Å². The van der Waals surface area contributed by atoms with Crippen LogP contribution >= 0.6 is 0 Å². The maximum atomic E-state index is 12.1. The minimum atomic E-state index is -0.0553. The van der Waals surface area contributed by atoms with Gasteiger partial charge in [0, 0.05) is 12.7 Å². The molecule has 3 aromatic rings. The lowest BCUT2D eigenvalue weighted by atomic mass is 10.1. The van der Waals surface area contributed by atoms with Gasteiger partial charge in [-0.15, -0.1) is 5.10 Å². The Kier molecular flexibility index (Phi) is 3.63. The molecule has 0 radical (unpaired) electrons. The molecule has 0 saturated heterocycles. The number of aromatic nitrogens is 3. The van der Waals surface area contributed by atoms with E-state index in [-0.39, 0.29) is 5.69 Å². The molecular formula is C16H17N3O. The summed E-state index contributed by atoms with van der Waals surface area (Å²) in [6, 6.07) is 16.0. The van der Waals surface area contributed by atoms with Gasteiger partial charge in [-0.3, -0.25) is 4.40 Å². The zero-order chi connectivity index (χ0) is 13.8. The van der Waals surface area contributed by atoms with Crippen molar-refractivity contribution >= 4 is 5.65 Å². The van der Waals surface area contributed by atoms with E-state index < -0.39 is 0 Å². The van der Waals surface area contributed by atoms with Crippen molar-refractivity contribution < 1.29 is 0 Å². The quantitative estimate of drug-likeness (QED) is 0.666. The first kappa shape index (κ1) is 12.7. The summed E-state index contributed by atoms with van der Waals surface area (Å²) in [5.74, 6) is 0. The Balaban J connectivity index is 1.60. The smallest absolute Gasteiger partial charge is 0.250 e. The number of fused-ring (bicyclic) bond motifs is 1. The second-order valence-corrected chi connectivity index (χ2v) is 4.88. The van der Waals surface area contributed by atoms with Gasteiger partial charge in [0.1, 0.15) is 0 Å². The Hall–Kier alpha value is -2.36. The molecule has 0 atom stereocenters. The molecule has 0 aliphatic heterocycles. The normalized spacial score (nSPS) is 11.0. The molecule has 20 heavy (non-hydrogen) atoms. The average Bonchev–Trinajstić information content (AvgIpc) is 2.82. The van der Waals surface area contributed by atoms with Crippen LogP contribution in [0.1, 0.15) is 18.4 Å². The summed E-state index contributed by atoms with van der Waals surface area (Å²) in [4.78, 5) is 12.1. The van der Waals surface area contributed by atoms with Crippen LogP contribution in [0.5, 0.6) is 0 Å². The number of unbranched alkanes of at least 4 members (excludes halogenated alkanes) is 1. The van der Waals surface area contributed by atoms with Gasteiger partial charge in [-0.2, -0.15) is 0 Å². The van der Waals surface area contributed by atoms with Crippen LogP contribution in [-0.2, 0) is 13.0 Å². The van der Waals surface area contributed by atoms with E-state index in [1.807, 2.05) is 24.3 Å². The van der Waals surface area contributed by atoms with Crippen LogP contribution in [0.15, 0.2) is 59.5 Å². The largest absolute Gasteiger partial charge is 0.350 e. The van der Waals surface area contributed by atoms with Gasteiger partial charge in [0.15, 0.2) is 5.65 Å². The van der Waals surface area contributed by atoms with Crippen molar-refractivity contribution in [2.45, 2.75) is 25.8 Å². The SMILES string of the molecule is O=c1n(CCCCc2ccccc2)nc2ccccn12. The van der Waals surface area contributed by atoms with E-state index in [4.69, 9.17) is 0 Å². The van der Waals surface area contributed by atoms with E-state index in [1.54, 1.807) is 15.3 Å². The zero-order valence-electron chi connectivity index (χ0n) is 11.3. The Labute approximate surface area is 117 Å². The van der Waals surface area contributed by atoms with Gasteiger partial charge in [-0.1, -0.05) is 36.4 Å². The third kappa shape index (κ3) is 2.64. The van der Waals surface area contributed by atoms with E-state index in [9.17, 15) is 4.79 Å². The Morgan fingerprint density at radius 2 is 1.75 bits per heavy atom. The van der Waals surface area contributed by atoms with Crippen LogP contribution in [0, 0.1) is 0 Å². The summed E-state index contributed by atoms with van der Waals surface area (Å²) in [6.45, 7) is 0.674. The number of aryl methyl sites for hydroxylation is 2. The molecule has 0 spiro atoms. The molecule has 2 heterocycles. The fraction of sp³-hybridized carbons (Fsp3) is 0.250. The third-order valence-corrected chi connectivity index (χ3v) is 3.42. The van der Waals surface area contributed by atoms with E-state index in [1.165, 1.54) is 5.56 Å². The van der Waals surface area contributed by atoms with Crippen molar-refractivity contribution in [1.82, 2.24) is 14.2 Å². The molecule has 0 saturated carbocycles. The molecule has 1 aromatic carbocycles. The van der Waals surface area contributed by atoms with E-state index >= 15 is 0 Å². The first-order valence-corrected chi connectivity index (χ1v) is 6.93. The van der Waals surface area contributed by atoms with Crippen molar-refractivity contribution in [3.63, 3.8) is 0 Å². The van der Waals surface area contributed by atoms with E-state index in [0.29, 0.717) is 12.2 Å². The second-order valence-electron chi connectivity index (χ2n) is 4.88. The topological polar surface area (TPSA) is 39.3 Å². The van der Waals surface area contributed by atoms with Crippen molar-refractivity contribution in [2.75, 3.05) is 0 Å². The van der Waals surface area contributed by atoms with Crippen molar-refractivity contribution in [1.29, 1.82) is 0 Å². The van der Waals surface area contributed by atoms with E-state index in [0.717, 1.165) is 19.3 Å². The summed E-state index contributed by atoms with van der Waals surface area (Å²) in [5, 5.41) is 4.32. The highest BCUT2D eigenvalue weighted by Crippen LogP contribution is 2.05. The number of nitrogens with zero attached hydrogens (tertiary/aromatic N) is 3. The summed E-state index contributed by atoms with van der Waals surface area (Å²) >= 11 is 0. The van der Waals surface area contributed by atoms with E-state index in [2.05, 4.69) is 29.4 Å². The van der Waals surface area contributed by atoms with Gasteiger partial charge in [0.25, 0.3) is 0 Å². The highest BCUT2D eigenvalue weighted by atomic mass is 16.2. The monoisotopic (exact) mass is 267 g/mol. The maximum absolute atomic E-state index is 12.1. The van der Waals surface area contributed by atoms with Crippen molar-refractivity contribution in [3.05, 3.63) is 70.8 Å². The molecule has 102 valence electrons. The number of pyridine rings is 1. The van der Waals surface area contributed by atoms with Gasteiger partial charge >= 0.3 is 5.69 Å². The molecule has 4 nitrogen and oxygen atoms in total. The summed E-state index contributed by atoms with van der Waals surface area (Å²) in [7, 11) is 0. The standard InChI is InChI=1S/C16H17N3O/c20-16-18-12-6-5-11-15(18)17-19(16)13-7-4-10-14-8-2-1-3-9-14/h1-3,5-6,8-9,11-12H,4,7,10,13H2. The molecular weight excluding hydrogens is 250 g/mol. The van der Waals surface area contributed by atoms with Crippen molar-refractivity contribution in [2.24, 2.45) is 0 Å². The summed E-state index contributed by atoms with van der Waals surface area (Å²) in [5.41, 5.74) is 2.00. The summed E-state index contributed by atoms with van der Waals surface area (Å²) in [6.07, 6.45) is 4.82. The van der Waals surface area contributed by atoms with Crippen LogP contribution in [0.4, 0.5) is 0 Å². The lowest BCUT2D eigenvalue weighted by molar-refractivity contribution is 0.542. The first-order chi connectivity index (χ1) is 9.84. The molecule has 4 heteroatoms. The molecule has 0 bridgehead atoms. The predicted octanol–water partition coefficient (Wildman–Crippen LogP) is 2.52. The molecule has 0 aliphatic carbocycles. The number of rotatable bonds is 5. The van der Waals surface area contributed by atoms with Crippen LogP contribution in [-0.4, -0.2) is 14.2 Å². The fourth-order valence-corrected chi connectivity index (χ4v) is 2.35. The van der Waals surface area contributed by atoms with Gasteiger partial charge in [-0.05, 0) is 37.0 Å².